The highest BCUT2D eigenvalue weighted by Crippen LogP contribution is 2.25. The zero-order valence-corrected chi connectivity index (χ0v) is 12.8. The number of halogens is 1. The molecule has 0 fully saturated rings. The van der Waals surface area contributed by atoms with Gasteiger partial charge in [-0.15, -0.1) is 0 Å². The van der Waals surface area contributed by atoms with Crippen LogP contribution in [0.25, 0.3) is 11.1 Å². The second-order valence-corrected chi connectivity index (χ2v) is 5.39. The standard InChI is InChI=1S/C14H15BrN2O3/c1-8(20-2)6-11-16-13(18)12(14(19)17-11)9-4-3-5-10(15)7-9/h3-5,7-8H,6H2,1-2H3,(H2,16,17,18,19). The summed E-state index contributed by atoms with van der Waals surface area (Å²) in [6.07, 6.45) is 0.340. The lowest BCUT2D eigenvalue weighted by atomic mass is 10.1. The first kappa shape index (κ1) is 14.7. The van der Waals surface area contributed by atoms with Crippen molar-refractivity contribution < 1.29 is 9.84 Å². The second kappa shape index (κ2) is 6.19. The second-order valence-electron chi connectivity index (χ2n) is 4.47. The number of nitrogens with zero attached hydrogens (tertiary/aromatic N) is 1. The number of rotatable bonds is 4. The fourth-order valence-electron chi connectivity index (χ4n) is 1.86. The van der Waals surface area contributed by atoms with E-state index in [-0.39, 0.29) is 23.1 Å². The molecular weight excluding hydrogens is 324 g/mol. The molecule has 106 valence electrons. The van der Waals surface area contributed by atoms with Crippen molar-refractivity contribution in [3.63, 3.8) is 0 Å². The average molecular weight is 339 g/mol. The van der Waals surface area contributed by atoms with E-state index in [2.05, 4.69) is 25.9 Å². The molecule has 0 aliphatic heterocycles. The summed E-state index contributed by atoms with van der Waals surface area (Å²) in [6, 6.07) is 7.13. The van der Waals surface area contributed by atoms with Gasteiger partial charge < -0.3 is 14.8 Å². The van der Waals surface area contributed by atoms with Gasteiger partial charge in [0.25, 0.3) is 5.56 Å². The molecule has 2 rings (SSSR count). The van der Waals surface area contributed by atoms with Crippen molar-refractivity contribution in [2.75, 3.05) is 7.11 Å². The Bertz CT molecular complexity index is 670. The van der Waals surface area contributed by atoms with E-state index in [1.807, 2.05) is 13.0 Å². The average Bonchev–Trinajstić information content (AvgIpc) is 2.37. The molecule has 0 radical (unpaired) electrons. The number of aromatic hydroxyl groups is 1. The van der Waals surface area contributed by atoms with Crippen molar-refractivity contribution in [2.24, 2.45) is 0 Å². The summed E-state index contributed by atoms with van der Waals surface area (Å²) in [5, 5.41) is 10.0. The summed E-state index contributed by atoms with van der Waals surface area (Å²) in [5.74, 6) is 0.130. The van der Waals surface area contributed by atoms with Crippen molar-refractivity contribution in [1.29, 1.82) is 0 Å². The number of hydrogen-bond acceptors (Lipinski definition) is 4. The van der Waals surface area contributed by atoms with Crippen LogP contribution in [-0.4, -0.2) is 28.3 Å². The lowest BCUT2D eigenvalue weighted by Crippen LogP contribution is -2.18. The van der Waals surface area contributed by atoms with Crippen LogP contribution < -0.4 is 5.56 Å². The van der Waals surface area contributed by atoms with E-state index in [0.717, 1.165) is 4.47 Å². The number of hydrogen-bond donors (Lipinski definition) is 2. The van der Waals surface area contributed by atoms with Gasteiger partial charge in [-0.3, -0.25) is 4.79 Å². The van der Waals surface area contributed by atoms with Crippen LogP contribution in [0.2, 0.25) is 0 Å². The van der Waals surface area contributed by atoms with E-state index in [9.17, 15) is 9.90 Å². The first-order valence-corrected chi connectivity index (χ1v) is 6.91. The minimum Gasteiger partial charge on any atom is -0.493 e. The Labute approximate surface area is 124 Å². The first-order valence-electron chi connectivity index (χ1n) is 6.12. The maximum atomic E-state index is 12.1. The Morgan fingerprint density at radius 3 is 2.85 bits per heavy atom. The van der Waals surface area contributed by atoms with E-state index in [0.29, 0.717) is 17.8 Å². The van der Waals surface area contributed by atoms with Gasteiger partial charge in [0.1, 0.15) is 11.4 Å². The fraction of sp³-hybridized carbons (Fsp3) is 0.286. The molecule has 1 atom stereocenters. The van der Waals surface area contributed by atoms with Gasteiger partial charge in [-0.2, -0.15) is 4.98 Å². The van der Waals surface area contributed by atoms with Gasteiger partial charge in [0.05, 0.1) is 6.10 Å². The smallest absolute Gasteiger partial charge is 0.262 e. The molecule has 1 aromatic carbocycles. The molecule has 0 aliphatic rings. The molecule has 0 aliphatic carbocycles. The molecule has 20 heavy (non-hydrogen) atoms. The molecule has 2 N–H and O–H groups in total. The molecule has 0 bridgehead atoms. The van der Waals surface area contributed by atoms with E-state index in [1.54, 1.807) is 25.3 Å². The van der Waals surface area contributed by atoms with Crippen LogP contribution >= 0.6 is 15.9 Å². The Hall–Kier alpha value is -1.66. The monoisotopic (exact) mass is 338 g/mol. The third-order valence-corrected chi connectivity index (χ3v) is 3.44. The minimum atomic E-state index is -0.367. The normalized spacial score (nSPS) is 12.3. The van der Waals surface area contributed by atoms with Gasteiger partial charge in [0.2, 0.25) is 5.88 Å². The van der Waals surface area contributed by atoms with Crippen LogP contribution in [0, 0.1) is 0 Å². The summed E-state index contributed by atoms with van der Waals surface area (Å²) in [7, 11) is 1.58. The number of aromatic nitrogens is 2. The third kappa shape index (κ3) is 3.26. The van der Waals surface area contributed by atoms with Crippen molar-refractivity contribution in [3.05, 3.63) is 44.9 Å². The van der Waals surface area contributed by atoms with Crippen LogP contribution in [0.5, 0.6) is 5.88 Å². The summed E-state index contributed by atoms with van der Waals surface area (Å²) in [4.78, 5) is 18.8. The number of ether oxygens (including phenoxy) is 1. The maximum Gasteiger partial charge on any atom is 0.262 e. The quantitative estimate of drug-likeness (QED) is 0.897. The molecule has 2 aromatic rings. The van der Waals surface area contributed by atoms with E-state index in [4.69, 9.17) is 4.74 Å². The molecule has 1 heterocycles. The topological polar surface area (TPSA) is 75.2 Å². The summed E-state index contributed by atoms with van der Waals surface area (Å²) in [5.41, 5.74) is 0.408. The van der Waals surface area contributed by atoms with E-state index in [1.165, 1.54) is 0 Å². The summed E-state index contributed by atoms with van der Waals surface area (Å²) >= 11 is 3.33. The van der Waals surface area contributed by atoms with Crippen LogP contribution in [-0.2, 0) is 11.2 Å². The molecule has 0 amide bonds. The van der Waals surface area contributed by atoms with E-state index < -0.39 is 0 Å². The highest BCUT2D eigenvalue weighted by molar-refractivity contribution is 9.10. The molecule has 0 saturated heterocycles. The molecular formula is C14H15BrN2O3. The zero-order chi connectivity index (χ0) is 14.7. The van der Waals surface area contributed by atoms with Gasteiger partial charge in [0.15, 0.2) is 0 Å². The molecule has 6 heteroatoms. The number of nitrogens with one attached hydrogen (secondary N) is 1. The predicted octanol–water partition coefficient (Wildman–Crippen LogP) is 2.48. The predicted molar refractivity (Wildman–Crippen MR) is 79.8 cm³/mol. The molecule has 0 saturated carbocycles. The van der Waals surface area contributed by atoms with Crippen molar-refractivity contribution in [1.82, 2.24) is 9.97 Å². The van der Waals surface area contributed by atoms with Gasteiger partial charge in [-0.25, -0.2) is 0 Å². The Morgan fingerprint density at radius 2 is 2.25 bits per heavy atom. The Morgan fingerprint density at radius 1 is 1.50 bits per heavy atom. The van der Waals surface area contributed by atoms with Crippen molar-refractivity contribution in [2.45, 2.75) is 19.4 Å². The molecule has 0 spiro atoms. The van der Waals surface area contributed by atoms with Crippen LogP contribution in [0.1, 0.15) is 12.7 Å². The lowest BCUT2D eigenvalue weighted by Gasteiger charge is -2.10. The van der Waals surface area contributed by atoms with Crippen molar-refractivity contribution in [3.8, 4) is 17.0 Å². The highest BCUT2D eigenvalue weighted by atomic mass is 79.9. The van der Waals surface area contributed by atoms with Gasteiger partial charge in [-0.1, -0.05) is 28.1 Å². The fourth-order valence-corrected chi connectivity index (χ4v) is 2.26. The first-order chi connectivity index (χ1) is 9.51. The Kier molecular flexibility index (Phi) is 4.57. The van der Waals surface area contributed by atoms with Gasteiger partial charge >= 0.3 is 0 Å². The van der Waals surface area contributed by atoms with Crippen LogP contribution in [0.4, 0.5) is 0 Å². The third-order valence-electron chi connectivity index (χ3n) is 2.95. The SMILES string of the molecule is COC(C)Cc1nc(O)c(-c2cccc(Br)c2)c(=O)[nH]1. The number of methoxy groups -OCH3 is 1. The maximum absolute atomic E-state index is 12.1. The summed E-state index contributed by atoms with van der Waals surface area (Å²) < 4.78 is 5.94. The number of aromatic amines is 1. The molecule has 1 unspecified atom stereocenters. The van der Waals surface area contributed by atoms with Crippen molar-refractivity contribution >= 4 is 15.9 Å². The Balaban J connectivity index is 2.44. The zero-order valence-electron chi connectivity index (χ0n) is 11.2. The molecule has 5 nitrogen and oxygen atoms in total. The van der Waals surface area contributed by atoms with Crippen LogP contribution in [0.15, 0.2) is 33.5 Å². The number of H-pyrrole nitrogens is 1. The summed E-state index contributed by atoms with van der Waals surface area (Å²) in [6.45, 7) is 1.86. The highest BCUT2D eigenvalue weighted by Gasteiger charge is 2.14. The number of benzene rings is 1. The van der Waals surface area contributed by atoms with E-state index >= 15 is 0 Å². The lowest BCUT2D eigenvalue weighted by molar-refractivity contribution is 0.117. The van der Waals surface area contributed by atoms with Crippen LogP contribution in [0.3, 0.4) is 0 Å². The minimum absolute atomic E-state index is 0.0886. The van der Waals surface area contributed by atoms with Gasteiger partial charge in [-0.05, 0) is 24.6 Å². The molecule has 1 aromatic heterocycles. The largest absolute Gasteiger partial charge is 0.493 e. The van der Waals surface area contributed by atoms with Gasteiger partial charge in [0, 0.05) is 18.0 Å².